The molecule has 2 aromatic rings. The highest BCUT2D eigenvalue weighted by Gasteiger charge is 2.32. The van der Waals surface area contributed by atoms with Gasteiger partial charge in [0.2, 0.25) is 11.5 Å². The summed E-state index contributed by atoms with van der Waals surface area (Å²) in [6.45, 7) is 5.02. The summed E-state index contributed by atoms with van der Waals surface area (Å²) in [5.41, 5.74) is 0.369. The van der Waals surface area contributed by atoms with E-state index < -0.39 is 18.3 Å². The zero-order valence-electron chi connectivity index (χ0n) is 17.2. The number of hydrogen-bond acceptors (Lipinski definition) is 7. The topological polar surface area (TPSA) is 99.4 Å². The minimum Gasteiger partial charge on any atom is -0.392 e. The van der Waals surface area contributed by atoms with Crippen LogP contribution in [-0.4, -0.2) is 83.9 Å². The Hall–Kier alpha value is -2.72. The molecule has 1 N–H and O–H groups in total. The lowest BCUT2D eigenvalue weighted by molar-refractivity contribution is -0.133. The fraction of sp³-hybridized carbons (Fsp3) is 0.550. The lowest BCUT2D eigenvalue weighted by Gasteiger charge is -2.37. The van der Waals surface area contributed by atoms with Gasteiger partial charge in [-0.1, -0.05) is 5.16 Å². The van der Waals surface area contributed by atoms with Crippen LogP contribution in [0.15, 0.2) is 10.6 Å². The lowest BCUT2D eigenvalue weighted by atomic mass is 10.0. The number of aromatic nitrogens is 1. The van der Waals surface area contributed by atoms with Crippen LogP contribution in [0.5, 0.6) is 0 Å². The van der Waals surface area contributed by atoms with Gasteiger partial charge >= 0.3 is 0 Å². The number of piperazine rings is 1. The maximum absolute atomic E-state index is 15.5. The molecule has 10 heteroatoms. The fourth-order valence-electron chi connectivity index (χ4n) is 4.14. The number of rotatable bonds is 3. The number of fused-ring (bicyclic) bond motifs is 1. The number of benzene rings is 1. The van der Waals surface area contributed by atoms with Gasteiger partial charge in [-0.25, -0.2) is 4.39 Å². The van der Waals surface area contributed by atoms with E-state index in [0.717, 1.165) is 0 Å². The first-order valence-electron chi connectivity index (χ1n) is 9.95. The monoisotopic (exact) mass is 420 g/mol. The number of morpholine rings is 1. The molecule has 30 heavy (non-hydrogen) atoms. The molecule has 2 atom stereocenters. The highest BCUT2D eigenvalue weighted by Crippen LogP contribution is 2.35. The molecular formula is C20H25FN4O5. The summed E-state index contributed by atoms with van der Waals surface area (Å²) in [7, 11) is 1.67. The number of aliphatic hydroxyl groups excluding tert-OH is 1. The van der Waals surface area contributed by atoms with E-state index in [-0.39, 0.29) is 47.0 Å². The summed E-state index contributed by atoms with van der Waals surface area (Å²) < 4.78 is 26.4. The third kappa shape index (κ3) is 3.50. The van der Waals surface area contributed by atoms with E-state index in [1.807, 2.05) is 18.7 Å². The lowest BCUT2D eigenvalue weighted by Crippen LogP contribution is -2.50. The van der Waals surface area contributed by atoms with Crippen molar-refractivity contribution in [3.8, 4) is 0 Å². The van der Waals surface area contributed by atoms with Gasteiger partial charge in [0.25, 0.3) is 5.91 Å². The van der Waals surface area contributed by atoms with Crippen LogP contribution in [0.1, 0.15) is 29.9 Å². The zero-order valence-corrected chi connectivity index (χ0v) is 17.2. The van der Waals surface area contributed by atoms with Crippen molar-refractivity contribution in [2.75, 3.05) is 44.7 Å². The van der Waals surface area contributed by atoms with Crippen LogP contribution in [0.25, 0.3) is 11.0 Å². The Morgan fingerprint density at radius 2 is 2.00 bits per heavy atom. The average Bonchev–Trinajstić information content (AvgIpc) is 3.12. The Morgan fingerprint density at radius 3 is 2.63 bits per heavy atom. The molecule has 2 fully saturated rings. The molecule has 0 spiro atoms. The van der Waals surface area contributed by atoms with E-state index >= 15 is 4.39 Å². The van der Waals surface area contributed by atoms with Crippen molar-refractivity contribution in [2.45, 2.75) is 32.7 Å². The van der Waals surface area contributed by atoms with Crippen molar-refractivity contribution in [3.05, 3.63) is 23.1 Å². The van der Waals surface area contributed by atoms with Crippen molar-refractivity contribution in [3.63, 3.8) is 0 Å². The zero-order chi connectivity index (χ0) is 21.6. The van der Waals surface area contributed by atoms with E-state index in [2.05, 4.69) is 5.16 Å². The molecule has 3 heterocycles. The van der Waals surface area contributed by atoms with Gasteiger partial charge < -0.3 is 29.1 Å². The van der Waals surface area contributed by atoms with Crippen LogP contribution in [0.4, 0.5) is 10.1 Å². The van der Waals surface area contributed by atoms with Gasteiger partial charge in [0.05, 0.1) is 29.9 Å². The molecule has 0 aliphatic carbocycles. The van der Waals surface area contributed by atoms with Crippen molar-refractivity contribution >= 4 is 28.5 Å². The standard InChI is InChI=1S/C20H25FN4O5/c1-11-7-25(8-12(2)29-11)18-13(10-26)6-14-17(22-30-19(14)16(18)21)20(28)24-5-4-23(3)15(27)9-24/h6,11-12,26H,4-5,7-10H2,1-3H3. The summed E-state index contributed by atoms with van der Waals surface area (Å²) in [6.07, 6.45) is -0.200. The third-order valence-corrected chi connectivity index (χ3v) is 5.61. The number of hydrogen-bond donors (Lipinski definition) is 1. The second-order valence-electron chi connectivity index (χ2n) is 7.97. The SMILES string of the molecule is CC1CN(c2c(CO)cc3c(C(=O)N4CCN(C)C(=O)C4)noc3c2F)CC(C)O1. The van der Waals surface area contributed by atoms with Gasteiger partial charge in [-0.2, -0.15) is 0 Å². The van der Waals surface area contributed by atoms with Crippen LogP contribution in [0.2, 0.25) is 0 Å². The van der Waals surface area contributed by atoms with Gasteiger partial charge in [0.15, 0.2) is 11.5 Å². The second-order valence-corrected chi connectivity index (χ2v) is 7.97. The van der Waals surface area contributed by atoms with Crippen LogP contribution in [0, 0.1) is 5.82 Å². The molecule has 2 amide bonds. The normalized spacial score (nSPS) is 22.8. The molecule has 2 saturated heterocycles. The molecule has 2 aliphatic heterocycles. The number of aliphatic hydroxyl groups is 1. The van der Waals surface area contributed by atoms with Crippen molar-refractivity contribution in [2.24, 2.45) is 0 Å². The van der Waals surface area contributed by atoms with Crippen molar-refractivity contribution in [1.29, 1.82) is 0 Å². The summed E-state index contributed by atoms with van der Waals surface area (Å²) in [5.74, 6) is -1.35. The fourth-order valence-corrected chi connectivity index (χ4v) is 4.14. The molecule has 9 nitrogen and oxygen atoms in total. The number of halogens is 1. The van der Waals surface area contributed by atoms with Crippen LogP contribution in [0.3, 0.4) is 0 Å². The predicted octanol–water partition coefficient (Wildman–Crippen LogP) is 0.987. The van der Waals surface area contributed by atoms with Crippen LogP contribution < -0.4 is 4.90 Å². The minimum atomic E-state index is -0.668. The minimum absolute atomic E-state index is 0.0637. The van der Waals surface area contributed by atoms with Gasteiger partial charge in [-0.15, -0.1) is 0 Å². The maximum atomic E-state index is 15.5. The number of amides is 2. The van der Waals surface area contributed by atoms with Gasteiger partial charge in [0, 0.05) is 38.8 Å². The predicted molar refractivity (Wildman–Crippen MR) is 106 cm³/mol. The first kappa shape index (κ1) is 20.5. The van der Waals surface area contributed by atoms with Crippen LogP contribution >= 0.6 is 0 Å². The van der Waals surface area contributed by atoms with Gasteiger partial charge in [-0.05, 0) is 19.9 Å². The number of carbonyl (C=O) groups excluding carboxylic acids is 2. The molecule has 0 bridgehead atoms. The van der Waals surface area contributed by atoms with Crippen LogP contribution in [-0.2, 0) is 16.1 Å². The molecule has 1 aromatic heterocycles. The summed E-state index contributed by atoms with van der Waals surface area (Å²) in [6, 6.07) is 1.54. The smallest absolute Gasteiger partial charge is 0.277 e. The average molecular weight is 420 g/mol. The number of likely N-dealkylation sites (N-methyl/N-ethyl adjacent to an activating group) is 1. The summed E-state index contributed by atoms with van der Waals surface area (Å²) in [4.78, 5) is 29.6. The first-order chi connectivity index (χ1) is 14.3. The molecule has 1 aromatic carbocycles. The summed E-state index contributed by atoms with van der Waals surface area (Å²) in [5, 5.41) is 13.9. The Labute approximate surface area is 172 Å². The van der Waals surface area contributed by atoms with E-state index in [9.17, 15) is 14.7 Å². The van der Waals surface area contributed by atoms with Crippen molar-refractivity contribution in [1.82, 2.24) is 15.0 Å². The second kappa shape index (κ2) is 7.84. The van der Waals surface area contributed by atoms with E-state index in [4.69, 9.17) is 9.26 Å². The van der Waals surface area contributed by atoms with Gasteiger partial charge in [0.1, 0.15) is 6.54 Å². The van der Waals surface area contributed by atoms with E-state index in [0.29, 0.717) is 31.7 Å². The Morgan fingerprint density at radius 1 is 1.30 bits per heavy atom. The van der Waals surface area contributed by atoms with Crippen molar-refractivity contribution < 1.29 is 28.3 Å². The van der Waals surface area contributed by atoms with E-state index in [1.54, 1.807) is 18.0 Å². The Bertz CT molecular complexity index is 983. The highest BCUT2D eigenvalue weighted by molar-refractivity contribution is 6.06. The van der Waals surface area contributed by atoms with Gasteiger partial charge in [-0.3, -0.25) is 9.59 Å². The molecular weight excluding hydrogens is 395 g/mol. The quantitative estimate of drug-likeness (QED) is 0.790. The molecule has 2 unspecified atom stereocenters. The number of ether oxygens (including phenoxy) is 1. The number of carbonyl (C=O) groups is 2. The highest BCUT2D eigenvalue weighted by atomic mass is 19.1. The van der Waals surface area contributed by atoms with E-state index in [1.165, 1.54) is 4.90 Å². The number of nitrogens with zero attached hydrogens (tertiary/aromatic N) is 4. The molecule has 162 valence electrons. The maximum Gasteiger partial charge on any atom is 0.277 e. The molecule has 2 aliphatic rings. The summed E-state index contributed by atoms with van der Waals surface area (Å²) >= 11 is 0. The first-order valence-corrected chi connectivity index (χ1v) is 9.95. The molecule has 4 rings (SSSR count). The Balaban J connectivity index is 1.73. The number of anilines is 1. The molecule has 0 radical (unpaired) electrons. The largest absolute Gasteiger partial charge is 0.392 e. The molecule has 0 saturated carbocycles. The third-order valence-electron chi connectivity index (χ3n) is 5.61. The Kier molecular flexibility index (Phi) is 5.37.